The van der Waals surface area contributed by atoms with Crippen LogP contribution < -0.4 is 0 Å². The van der Waals surface area contributed by atoms with Crippen molar-refractivity contribution in [3.63, 3.8) is 0 Å². The summed E-state index contributed by atoms with van der Waals surface area (Å²) in [5.74, 6) is 0. The molecule has 0 aliphatic rings. The van der Waals surface area contributed by atoms with Gasteiger partial charge in [0.05, 0.1) is 11.2 Å². The molecule has 0 atom stereocenters. The first kappa shape index (κ1) is 9.48. The molecule has 3 aromatic rings. The summed E-state index contributed by atoms with van der Waals surface area (Å²) in [6.07, 6.45) is 1.59. The molecule has 0 unspecified atom stereocenters. The van der Waals surface area contributed by atoms with E-state index in [1.807, 2.05) is 30.3 Å². The molecule has 0 saturated carbocycles. The Labute approximate surface area is 96.9 Å². The van der Waals surface area contributed by atoms with Crippen LogP contribution in [0.5, 0.6) is 0 Å². The van der Waals surface area contributed by atoms with Crippen molar-refractivity contribution < 1.29 is 0 Å². The molecule has 3 rings (SSSR count). The number of aromatic nitrogens is 4. The maximum Gasteiger partial charge on any atom is 0.142 e. The molecule has 17 heavy (non-hydrogen) atoms. The highest BCUT2D eigenvalue weighted by Crippen LogP contribution is 2.15. The molecule has 2 heterocycles. The zero-order valence-corrected chi connectivity index (χ0v) is 8.78. The number of hydrogen-bond donors (Lipinski definition) is 0. The van der Waals surface area contributed by atoms with E-state index in [0.717, 1.165) is 16.7 Å². The van der Waals surface area contributed by atoms with E-state index in [9.17, 15) is 0 Å². The lowest BCUT2D eigenvalue weighted by molar-refractivity contribution is 0.822. The lowest BCUT2D eigenvalue weighted by Crippen LogP contribution is -1.97. The van der Waals surface area contributed by atoms with E-state index < -0.39 is 0 Å². The summed E-state index contributed by atoms with van der Waals surface area (Å²) in [5, 5.41) is 16.9. The summed E-state index contributed by atoms with van der Waals surface area (Å²) >= 11 is 0. The summed E-state index contributed by atoms with van der Waals surface area (Å²) in [5.41, 5.74) is 2.87. The Morgan fingerprint density at radius 2 is 2.06 bits per heavy atom. The van der Waals surface area contributed by atoms with Gasteiger partial charge in [-0.1, -0.05) is 17.3 Å². The Hall–Kier alpha value is -2.74. The first-order valence-electron chi connectivity index (χ1n) is 5.05. The van der Waals surface area contributed by atoms with E-state index in [-0.39, 0.29) is 0 Å². The fourth-order valence-electron chi connectivity index (χ4n) is 1.67. The number of pyridine rings is 1. The SMILES string of the molecule is N#Cc1cc(-n2nnc3ccccc32)ccn1. The minimum atomic E-state index is 0.363. The number of benzene rings is 1. The fourth-order valence-corrected chi connectivity index (χ4v) is 1.67. The molecule has 2 aromatic heterocycles. The van der Waals surface area contributed by atoms with Gasteiger partial charge in [-0.25, -0.2) is 9.67 Å². The van der Waals surface area contributed by atoms with Crippen LogP contribution in [0.25, 0.3) is 16.7 Å². The Balaban J connectivity index is 2.24. The first-order valence-corrected chi connectivity index (χ1v) is 5.05. The Kier molecular flexibility index (Phi) is 2.06. The summed E-state index contributed by atoms with van der Waals surface area (Å²) in [7, 11) is 0. The average molecular weight is 221 g/mol. The normalized spacial score (nSPS) is 10.3. The number of fused-ring (bicyclic) bond motifs is 1. The standard InChI is InChI=1S/C12H7N5/c13-8-9-7-10(5-6-14-9)17-12-4-2-1-3-11(12)15-16-17/h1-7H. The van der Waals surface area contributed by atoms with Crippen LogP contribution in [-0.4, -0.2) is 20.0 Å². The fraction of sp³-hybridized carbons (Fsp3) is 0. The highest BCUT2D eigenvalue weighted by Gasteiger charge is 2.06. The number of nitrogens with zero attached hydrogens (tertiary/aromatic N) is 5. The van der Waals surface area contributed by atoms with Gasteiger partial charge in [0.15, 0.2) is 0 Å². The Morgan fingerprint density at radius 1 is 1.18 bits per heavy atom. The van der Waals surface area contributed by atoms with Crippen LogP contribution in [0.3, 0.4) is 0 Å². The molecule has 0 radical (unpaired) electrons. The minimum Gasteiger partial charge on any atom is -0.245 e. The molecule has 80 valence electrons. The molecular formula is C12H7N5. The summed E-state index contributed by atoms with van der Waals surface area (Å²) < 4.78 is 1.69. The topological polar surface area (TPSA) is 67.4 Å². The van der Waals surface area contributed by atoms with Crippen molar-refractivity contribution in [2.24, 2.45) is 0 Å². The quantitative estimate of drug-likeness (QED) is 0.627. The molecule has 5 heteroatoms. The molecular weight excluding hydrogens is 214 g/mol. The second-order valence-electron chi connectivity index (χ2n) is 3.50. The van der Waals surface area contributed by atoms with E-state index >= 15 is 0 Å². The molecule has 0 N–H and O–H groups in total. The predicted molar refractivity (Wildman–Crippen MR) is 61.4 cm³/mol. The highest BCUT2D eigenvalue weighted by molar-refractivity contribution is 5.75. The van der Waals surface area contributed by atoms with E-state index in [1.165, 1.54) is 0 Å². The molecule has 0 amide bonds. The third-order valence-corrected chi connectivity index (χ3v) is 2.45. The van der Waals surface area contributed by atoms with Gasteiger partial charge in [-0.3, -0.25) is 0 Å². The second-order valence-corrected chi connectivity index (χ2v) is 3.50. The van der Waals surface area contributed by atoms with Crippen molar-refractivity contribution in [1.82, 2.24) is 20.0 Å². The largest absolute Gasteiger partial charge is 0.245 e. The third kappa shape index (κ3) is 1.52. The monoisotopic (exact) mass is 221 g/mol. The van der Waals surface area contributed by atoms with Crippen LogP contribution in [0.4, 0.5) is 0 Å². The summed E-state index contributed by atoms with van der Waals surface area (Å²) in [6.45, 7) is 0. The van der Waals surface area contributed by atoms with Gasteiger partial charge in [0.25, 0.3) is 0 Å². The molecule has 1 aromatic carbocycles. The molecule has 0 spiro atoms. The number of para-hydroxylation sites is 1. The van der Waals surface area contributed by atoms with E-state index in [0.29, 0.717) is 5.69 Å². The van der Waals surface area contributed by atoms with Crippen molar-refractivity contribution in [3.05, 3.63) is 48.3 Å². The van der Waals surface area contributed by atoms with Crippen LogP contribution in [-0.2, 0) is 0 Å². The number of hydrogen-bond acceptors (Lipinski definition) is 4. The lowest BCUT2D eigenvalue weighted by Gasteiger charge is -2.01. The zero-order chi connectivity index (χ0) is 11.7. The average Bonchev–Trinajstić information content (AvgIpc) is 2.82. The highest BCUT2D eigenvalue weighted by atomic mass is 15.4. The minimum absolute atomic E-state index is 0.363. The van der Waals surface area contributed by atoms with Crippen LogP contribution in [0, 0.1) is 11.3 Å². The molecule has 0 fully saturated rings. The van der Waals surface area contributed by atoms with Gasteiger partial charge in [0.2, 0.25) is 0 Å². The summed E-state index contributed by atoms with van der Waals surface area (Å²) in [4.78, 5) is 3.93. The van der Waals surface area contributed by atoms with Gasteiger partial charge in [0, 0.05) is 12.3 Å². The van der Waals surface area contributed by atoms with Crippen LogP contribution >= 0.6 is 0 Å². The molecule has 0 aliphatic carbocycles. The van der Waals surface area contributed by atoms with Crippen LogP contribution in [0.1, 0.15) is 5.69 Å². The van der Waals surface area contributed by atoms with Gasteiger partial charge >= 0.3 is 0 Å². The number of nitriles is 1. The molecule has 5 nitrogen and oxygen atoms in total. The maximum atomic E-state index is 8.82. The second kappa shape index (κ2) is 3.68. The third-order valence-electron chi connectivity index (χ3n) is 2.45. The van der Waals surface area contributed by atoms with Gasteiger partial charge in [-0.2, -0.15) is 5.26 Å². The maximum absolute atomic E-state index is 8.82. The predicted octanol–water partition coefficient (Wildman–Crippen LogP) is 1.69. The smallest absolute Gasteiger partial charge is 0.142 e. The number of rotatable bonds is 1. The van der Waals surface area contributed by atoms with Crippen LogP contribution in [0.2, 0.25) is 0 Å². The van der Waals surface area contributed by atoms with Gasteiger partial charge in [0.1, 0.15) is 17.3 Å². The molecule has 0 aliphatic heterocycles. The van der Waals surface area contributed by atoms with Crippen molar-refractivity contribution in [1.29, 1.82) is 5.26 Å². The van der Waals surface area contributed by atoms with Crippen LogP contribution in [0.15, 0.2) is 42.6 Å². The Bertz CT molecular complexity index is 723. The lowest BCUT2D eigenvalue weighted by atomic mass is 10.3. The van der Waals surface area contributed by atoms with Gasteiger partial charge in [-0.15, -0.1) is 5.10 Å². The molecule has 0 bridgehead atoms. The van der Waals surface area contributed by atoms with Crippen molar-refractivity contribution in [2.45, 2.75) is 0 Å². The van der Waals surface area contributed by atoms with Crippen molar-refractivity contribution in [2.75, 3.05) is 0 Å². The van der Waals surface area contributed by atoms with E-state index in [4.69, 9.17) is 5.26 Å². The van der Waals surface area contributed by atoms with E-state index in [1.54, 1.807) is 23.0 Å². The molecule has 0 saturated heterocycles. The van der Waals surface area contributed by atoms with Crippen molar-refractivity contribution >= 4 is 11.0 Å². The summed E-state index contributed by atoms with van der Waals surface area (Å²) in [6, 6.07) is 13.1. The van der Waals surface area contributed by atoms with Crippen molar-refractivity contribution in [3.8, 4) is 11.8 Å². The van der Waals surface area contributed by atoms with Gasteiger partial charge < -0.3 is 0 Å². The van der Waals surface area contributed by atoms with Gasteiger partial charge in [-0.05, 0) is 18.2 Å². The first-order chi connectivity index (χ1) is 8.38. The Morgan fingerprint density at radius 3 is 2.94 bits per heavy atom. The van der Waals surface area contributed by atoms with E-state index in [2.05, 4.69) is 15.3 Å². The zero-order valence-electron chi connectivity index (χ0n) is 8.78.